The number of aliphatic hydroxyl groups excluding tert-OH is 1. The lowest BCUT2D eigenvalue weighted by Gasteiger charge is -2.38. The van der Waals surface area contributed by atoms with Crippen molar-refractivity contribution in [3.05, 3.63) is 29.3 Å². The lowest BCUT2D eigenvalue weighted by Crippen LogP contribution is -2.28. The van der Waals surface area contributed by atoms with Gasteiger partial charge in [-0.15, -0.1) is 0 Å². The standard InChI is InChI=1S/C16H24O2/c1-12-11-13(7-8-14(12)18-3)15(17)16(2)9-5-4-6-10-16/h7-8,11,15,17H,4-6,9-10H2,1-3H3. The summed E-state index contributed by atoms with van der Waals surface area (Å²) < 4.78 is 5.27. The summed E-state index contributed by atoms with van der Waals surface area (Å²) in [4.78, 5) is 0. The highest BCUT2D eigenvalue weighted by Gasteiger charge is 2.35. The molecule has 1 unspecified atom stereocenters. The Morgan fingerprint density at radius 2 is 1.89 bits per heavy atom. The highest BCUT2D eigenvalue weighted by atomic mass is 16.5. The molecule has 1 atom stereocenters. The Bertz CT molecular complexity index is 406. The van der Waals surface area contributed by atoms with E-state index in [1.165, 1.54) is 19.3 Å². The third kappa shape index (κ3) is 2.54. The Morgan fingerprint density at radius 1 is 1.22 bits per heavy atom. The van der Waals surface area contributed by atoms with Crippen LogP contribution in [0.15, 0.2) is 18.2 Å². The molecule has 2 rings (SSSR count). The highest BCUT2D eigenvalue weighted by Crippen LogP contribution is 2.45. The second-order valence-corrected chi connectivity index (χ2v) is 5.85. The van der Waals surface area contributed by atoms with Crippen LogP contribution in [0, 0.1) is 12.3 Å². The molecular weight excluding hydrogens is 224 g/mol. The van der Waals surface area contributed by atoms with Gasteiger partial charge in [0.25, 0.3) is 0 Å². The van der Waals surface area contributed by atoms with Gasteiger partial charge in [0.15, 0.2) is 0 Å². The van der Waals surface area contributed by atoms with Crippen molar-refractivity contribution in [2.45, 2.75) is 52.1 Å². The lowest BCUT2D eigenvalue weighted by atomic mass is 9.70. The van der Waals surface area contributed by atoms with Gasteiger partial charge in [-0.3, -0.25) is 0 Å². The molecule has 0 saturated heterocycles. The van der Waals surface area contributed by atoms with E-state index in [1.54, 1.807) is 7.11 Å². The summed E-state index contributed by atoms with van der Waals surface area (Å²) in [5.41, 5.74) is 2.16. The average molecular weight is 248 g/mol. The molecule has 2 heteroatoms. The van der Waals surface area contributed by atoms with E-state index < -0.39 is 0 Å². The molecule has 0 bridgehead atoms. The summed E-state index contributed by atoms with van der Waals surface area (Å²) in [6.07, 6.45) is 5.68. The van der Waals surface area contributed by atoms with Crippen LogP contribution in [0.2, 0.25) is 0 Å². The maximum atomic E-state index is 10.7. The lowest BCUT2D eigenvalue weighted by molar-refractivity contribution is 0.00813. The van der Waals surface area contributed by atoms with E-state index in [-0.39, 0.29) is 11.5 Å². The molecule has 2 nitrogen and oxygen atoms in total. The van der Waals surface area contributed by atoms with Gasteiger partial charge in [0.1, 0.15) is 5.75 Å². The largest absolute Gasteiger partial charge is 0.496 e. The molecule has 0 heterocycles. The summed E-state index contributed by atoms with van der Waals surface area (Å²) in [7, 11) is 1.68. The van der Waals surface area contributed by atoms with Gasteiger partial charge in [0.2, 0.25) is 0 Å². The van der Waals surface area contributed by atoms with Crippen LogP contribution in [-0.4, -0.2) is 12.2 Å². The molecule has 0 radical (unpaired) electrons. The Kier molecular flexibility index (Phi) is 3.96. The van der Waals surface area contributed by atoms with E-state index in [2.05, 4.69) is 13.0 Å². The first-order valence-electron chi connectivity index (χ1n) is 6.89. The van der Waals surface area contributed by atoms with Crippen molar-refractivity contribution in [1.82, 2.24) is 0 Å². The zero-order valence-electron chi connectivity index (χ0n) is 11.7. The Hall–Kier alpha value is -1.02. The second kappa shape index (κ2) is 5.31. The molecular formula is C16H24O2. The molecule has 1 N–H and O–H groups in total. The van der Waals surface area contributed by atoms with E-state index in [0.717, 1.165) is 29.7 Å². The first-order chi connectivity index (χ1) is 8.57. The van der Waals surface area contributed by atoms with Gasteiger partial charge >= 0.3 is 0 Å². The molecule has 100 valence electrons. The van der Waals surface area contributed by atoms with Crippen molar-refractivity contribution in [3.8, 4) is 5.75 Å². The van der Waals surface area contributed by atoms with E-state index in [0.29, 0.717) is 0 Å². The van der Waals surface area contributed by atoms with Gasteiger partial charge in [-0.25, -0.2) is 0 Å². The fraction of sp³-hybridized carbons (Fsp3) is 0.625. The number of hydrogen-bond donors (Lipinski definition) is 1. The summed E-state index contributed by atoms with van der Waals surface area (Å²) in [6.45, 7) is 4.24. The quantitative estimate of drug-likeness (QED) is 0.875. The maximum absolute atomic E-state index is 10.7. The molecule has 0 amide bonds. The van der Waals surface area contributed by atoms with E-state index in [9.17, 15) is 5.11 Å². The van der Waals surface area contributed by atoms with Crippen molar-refractivity contribution < 1.29 is 9.84 Å². The molecule has 0 spiro atoms. The topological polar surface area (TPSA) is 29.5 Å². The van der Waals surface area contributed by atoms with Gasteiger partial charge in [-0.05, 0) is 48.4 Å². The zero-order valence-corrected chi connectivity index (χ0v) is 11.7. The molecule has 1 aromatic carbocycles. The third-order valence-corrected chi connectivity index (χ3v) is 4.39. The van der Waals surface area contributed by atoms with Crippen LogP contribution in [0.3, 0.4) is 0 Å². The predicted octanol–water partition coefficient (Wildman–Crippen LogP) is 4.01. The average Bonchev–Trinajstić information content (AvgIpc) is 2.38. The minimum absolute atomic E-state index is 0.0410. The molecule has 0 aliphatic heterocycles. The first-order valence-corrected chi connectivity index (χ1v) is 6.89. The maximum Gasteiger partial charge on any atom is 0.121 e. The van der Waals surface area contributed by atoms with Gasteiger partial charge in [-0.2, -0.15) is 0 Å². The molecule has 1 saturated carbocycles. The van der Waals surface area contributed by atoms with Gasteiger partial charge < -0.3 is 9.84 Å². The van der Waals surface area contributed by atoms with Crippen molar-refractivity contribution in [3.63, 3.8) is 0 Å². The molecule has 1 aromatic rings. The molecule has 0 aromatic heterocycles. The number of benzene rings is 1. The van der Waals surface area contributed by atoms with Crippen LogP contribution in [0.25, 0.3) is 0 Å². The van der Waals surface area contributed by atoms with Crippen LogP contribution >= 0.6 is 0 Å². The fourth-order valence-electron chi connectivity index (χ4n) is 3.11. The molecule has 1 aliphatic carbocycles. The summed E-state index contributed by atoms with van der Waals surface area (Å²) in [5.74, 6) is 0.889. The summed E-state index contributed by atoms with van der Waals surface area (Å²) >= 11 is 0. The van der Waals surface area contributed by atoms with Gasteiger partial charge in [0, 0.05) is 0 Å². The molecule has 1 fully saturated rings. The number of rotatable bonds is 3. The monoisotopic (exact) mass is 248 g/mol. The van der Waals surface area contributed by atoms with Crippen LogP contribution in [0.5, 0.6) is 5.75 Å². The zero-order chi connectivity index (χ0) is 13.2. The predicted molar refractivity (Wildman–Crippen MR) is 73.9 cm³/mol. The third-order valence-electron chi connectivity index (χ3n) is 4.39. The van der Waals surface area contributed by atoms with E-state index in [4.69, 9.17) is 4.74 Å². The Balaban J connectivity index is 2.22. The number of aryl methyl sites for hydroxylation is 1. The number of methoxy groups -OCH3 is 1. The minimum atomic E-state index is -0.359. The van der Waals surface area contributed by atoms with Crippen LogP contribution in [-0.2, 0) is 0 Å². The van der Waals surface area contributed by atoms with E-state index >= 15 is 0 Å². The second-order valence-electron chi connectivity index (χ2n) is 5.85. The first kappa shape index (κ1) is 13.4. The van der Waals surface area contributed by atoms with Gasteiger partial charge in [0.05, 0.1) is 13.2 Å². The summed E-state index contributed by atoms with van der Waals surface area (Å²) in [5, 5.41) is 10.7. The van der Waals surface area contributed by atoms with Crippen LogP contribution in [0.4, 0.5) is 0 Å². The highest BCUT2D eigenvalue weighted by molar-refractivity contribution is 5.37. The summed E-state index contributed by atoms with van der Waals surface area (Å²) in [6, 6.07) is 6.01. The SMILES string of the molecule is COc1ccc(C(O)C2(C)CCCCC2)cc1C. The Morgan fingerprint density at radius 3 is 2.44 bits per heavy atom. The molecule has 1 aliphatic rings. The normalized spacial score (nSPS) is 20.4. The number of aliphatic hydroxyl groups is 1. The fourth-order valence-corrected chi connectivity index (χ4v) is 3.11. The van der Waals surface area contributed by atoms with Gasteiger partial charge in [-0.1, -0.05) is 32.3 Å². The van der Waals surface area contributed by atoms with E-state index in [1.807, 2.05) is 19.1 Å². The smallest absolute Gasteiger partial charge is 0.121 e. The van der Waals surface area contributed by atoms with Crippen molar-refractivity contribution in [2.24, 2.45) is 5.41 Å². The van der Waals surface area contributed by atoms with Crippen LogP contribution in [0.1, 0.15) is 56.3 Å². The Labute approximate surface area is 110 Å². The minimum Gasteiger partial charge on any atom is -0.496 e. The van der Waals surface area contributed by atoms with Crippen molar-refractivity contribution in [1.29, 1.82) is 0 Å². The molecule has 18 heavy (non-hydrogen) atoms. The van der Waals surface area contributed by atoms with Crippen LogP contribution < -0.4 is 4.74 Å². The van der Waals surface area contributed by atoms with Crippen molar-refractivity contribution in [2.75, 3.05) is 7.11 Å². The number of ether oxygens (including phenoxy) is 1. The van der Waals surface area contributed by atoms with Crippen molar-refractivity contribution >= 4 is 0 Å². The number of hydrogen-bond acceptors (Lipinski definition) is 2.